The van der Waals surface area contributed by atoms with E-state index >= 15 is 0 Å². The summed E-state index contributed by atoms with van der Waals surface area (Å²) >= 11 is 0. The topological polar surface area (TPSA) is 59.3 Å². The molecule has 6 atom stereocenters. The van der Waals surface area contributed by atoms with Gasteiger partial charge in [-0.1, -0.05) is 0 Å². The first kappa shape index (κ1) is 14.0. The van der Waals surface area contributed by atoms with Crippen molar-refractivity contribution >= 4 is 5.91 Å². The van der Waals surface area contributed by atoms with Gasteiger partial charge >= 0.3 is 5.63 Å². The van der Waals surface area contributed by atoms with E-state index in [0.717, 1.165) is 23.7 Å². The number of fused-ring (bicyclic) bond motifs is 2. The summed E-state index contributed by atoms with van der Waals surface area (Å²) in [6.07, 6.45) is 8.13. The van der Waals surface area contributed by atoms with Crippen LogP contribution in [0.3, 0.4) is 0 Å². The minimum absolute atomic E-state index is 0.132. The third kappa shape index (κ3) is 2.29. The number of amides is 1. The van der Waals surface area contributed by atoms with E-state index in [0.29, 0.717) is 11.5 Å². The zero-order valence-electron chi connectivity index (χ0n) is 13.0. The van der Waals surface area contributed by atoms with Crippen LogP contribution in [0.15, 0.2) is 27.6 Å². The molecule has 0 unspecified atom stereocenters. The highest BCUT2D eigenvalue weighted by molar-refractivity contribution is 5.93. The zero-order chi connectivity index (χ0) is 15.3. The summed E-state index contributed by atoms with van der Waals surface area (Å²) in [6.45, 7) is 2.15. The molecule has 4 nitrogen and oxygen atoms in total. The van der Waals surface area contributed by atoms with Crippen LogP contribution in [0.25, 0.3) is 0 Å². The molecule has 3 fully saturated rings. The lowest BCUT2D eigenvalue weighted by molar-refractivity contribution is 0.0518. The lowest BCUT2D eigenvalue weighted by Crippen LogP contribution is -2.48. The molecule has 22 heavy (non-hydrogen) atoms. The van der Waals surface area contributed by atoms with Gasteiger partial charge in [-0.25, -0.2) is 4.79 Å². The van der Waals surface area contributed by atoms with Gasteiger partial charge in [0.1, 0.15) is 6.26 Å². The number of nitrogens with one attached hydrogen (secondary N) is 1. The van der Waals surface area contributed by atoms with Gasteiger partial charge in [-0.3, -0.25) is 4.79 Å². The molecule has 0 radical (unpaired) electrons. The fourth-order valence-electron chi connectivity index (χ4n) is 5.60. The van der Waals surface area contributed by atoms with Crippen LogP contribution in [0.4, 0.5) is 0 Å². The summed E-state index contributed by atoms with van der Waals surface area (Å²) in [5.41, 5.74) is 0.00269. The highest BCUT2D eigenvalue weighted by Crippen LogP contribution is 2.58. The molecule has 0 aliphatic heterocycles. The van der Waals surface area contributed by atoms with Crippen LogP contribution in [0.1, 0.15) is 49.4 Å². The molecule has 3 bridgehead atoms. The number of hydrogen-bond donors (Lipinski definition) is 1. The molecule has 1 amide bonds. The van der Waals surface area contributed by atoms with Gasteiger partial charge < -0.3 is 9.73 Å². The molecule has 0 spiro atoms. The van der Waals surface area contributed by atoms with Crippen molar-refractivity contribution in [2.24, 2.45) is 29.6 Å². The molecule has 0 saturated heterocycles. The third-order valence-electron chi connectivity index (χ3n) is 6.33. The van der Waals surface area contributed by atoms with E-state index in [1.165, 1.54) is 50.5 Å². The minimum Gasteiger partial charge on any atom is -0.430 e. The highest BCUT2D eigenvalue weighted by Gasteiger charge is 2.51. The Morgan fingerprint density at radius 1 is 1.23 bits per heavy atom. The molecular weight excluding hydrogens is 278 g/mol. The summed E-state index contributed by atoms with van der Waals surface area (Å²) in [7, 11) is 0. The molecule has 4 rings (SSSR count). The summed E-state index contributed by atoms with van der Waals surface area (Å²) in [6, 6.07) is 3.02. The first-order valence-electron chi connectivity index (χ1n) is 8.51. The Balaban J connectivity index is 1.48. The minimum atomic E-state index is -0.425. The fraction of sp³-hybridized carbons (Fsp3) is 0.667. The zero-order valence-corrected chi connectivity index (χ0v) is 13.0. The van der Waals surface area contributed by atoms with Crippen LogP contribution in [0.2, 0.25) is 0 Å². The Kier molecular flexibility index (Phi) is 3.35. The van der Waals surface area contributed by atoms with E-state index < -0.39 is 5.63 Å². The third-order valence-corrected chi connectivity index (χ3v) is 6.33. The molecule has 1 heterocycles. The van der Waals surface area contributed by atoms with Crippen molar-refractivity contribution in [1.82, 2.24) is 5.32 Å². The second-order valence-corrected chi connectivity index (χ2v) is 7.52. The SMILES string of the molecule is C[C@@H](NC(=O)c1ccc(=O)oc1)[C@H]1[C@@H]2CC[C@H]3C[C@@H](C2)C[C@@H]31. The maximum Gasteiger partial charge on any atom is 0.335 e. The maximum atomic E-state index is 12.3. The molecule has 3 aliphatic rings. The first-order valence-corrected chi connectivity index (χ1v) is 8.51. The Labute approximate surface area is 130 Å². The van der Waals surface area contributed by atoms with Crippen LogP contribution in [-0.2, 0) is 0 Å². The molecule has 3 aliphatic carbocycles. The van der Waals surface area contributed by atoms with Crippen molar-refractivity contribution in [1.29, 1.82) is 0 Å². The molecule has 4 heteroatoms. The van der Waals surface area contributed by atoms with E-state index in [-0.39, 0.29) is 11.9 Å². The fourth-order valence-corrected chi connectivity index (χ4v) is 5.60. The Hall–Kier alpha value is -1.58. The smallest absolute Gasteiger partial charge is 0.335 e. The summed E-state index contributed by atoms with van der Waals surface area (Å²) in [4.78, 5) is 23.3. The van der Waals surface area contributed by atoms with E-state index in [1.807, 2.05) is 0 Å². The van der Waals surface area contributed by atoms with Gasteiger partial charge in [-0.2, -0.15) is 0 Å². The summed E-state index contributed by atoms with van der Waals surface area (Å²) in [5, 5.41) is 3.15. The quantitative estimate of drug-likeness (QED) is 0.934. The number of carbonyl (C=O) groups is 1. The Bertz CT molecular complexity index is 617. The van der Waals surface area contributed by atoms with Crippen LogP contribution >= 0.6 is 0 Å². The van der Waals surface area contributed by atoms with Crippen molar-refractivity contribution in [2.45, 2.75) is 45.1 Å². The van der Waals surface area contributed by atoms with Gasteiger partial charge in [0.05, 0.1) is 5.56 Å². The maximum absolute atomic E-state index is 12.3. The Morgan fingerprint density at radius 2 is 2.00 bits per heavy atom. The van der Waals surface area contributed by atoms with Crippen molar-refractivity contribution in [2.75, 3.05) is 0 Å². The normalized spacial score (nSPS) is 37.0. The molecule has 1 aromatic heterocycles. The highest BCUT2D eigenvalue weighted by atomic mass is 16.4. The van der Waals surface area contributed by atoms with Crippen LogP contribution < -0.4 is 10.9 Å². The van der Waals surface area contributed by atoms with Gasteiger partial charge in [0.2, 0.25) is 0 Å². The molecule has 3 saturated carbocycles. The van der Waals surface area contributed by atoms with Crippen molar-refractivity contribution < 1.29 is 9.21 Å². The van der Waals surface area contributed by atoms with Gasteiger partial charge in [-0.15, -0.1) is 0 Å². The standard InChI is InChI=1S/C18H23NO3/c1-10(19-18(21)14-4-5-16(20)22-9-14)17-13-3-2-12-6-11(7-13)8-15(12)17/h4-5,9-13,15,17H,2-3,6-8H2,1H3,(H,19,21)/t10-,11+,12+,13-,15+,17+/m1/s1. The summed E-state index contributed by atoms with van der Waals surface area (Å²) < 4.78 is 4.79. The van der Waals surface area contributed by atoms with Gasteiger partial charge in [-0.05, 0) is 74.7 Å². The lowest BCUT2D eigenvalue weighted by Gasteiger charge is -2.45. The Morgan fingerprint density at radius 3 is 2.77 bits per heavy atom. The van der Waals surface area contributed by atoms with E-state index in [4.69, 9.17) is 4.42 Å². The van der Waals surface area contributed by atoms with E-state index in [9.17, 15) is 9.59 Å². The van der Waals surface area contributed by atoms with Crippen molar-refractivity contribution in [3.63, 3.8) is 0 Å². The number of rotatable bonds is 3. The molecule has 1 aromatic rings. The lowest BCUT2D eigenvalue weighted by atomic mass is 9.62. The van der Waals surface area contributed by atoms with Crippen LogP contribution in [0, 0.1) is 29.6 Å². The average molecular weight is 301 g/mol. The predicted octanol–water partition coefficient (Wildman–Crippen LogP) is 2.83. The molecular formula is C18H23NO3. The largest absolute Gasteiger partial charge is 0.430 e. The second-order valence-electron chi connectivity index (χ2n) is 7.52. The number of carbonyl (C=O) groups excluding carboxylic acids is 1. The predicted molar refractivity (Wildman–Crippen MR) is 82.4 cm³/mol. The second kappa shape index (κ2) is 5.25. The first-order chi connectivity index (χ1) is 10.6. The van der Waals surface area contributed by atoms with Crippen LogP contribution in [0.5, 0.6) is 0 Å². The van der Waals surface area contributed by atoms with Gasteiger partial charge in [0.25, 0.3) is 5.91 Å². The average Bonchev–Trinajstić information content (AvgIpc) is 2.70. The van der Waals surface area contributed by atoms with Gasteiger partial charge in [0, 0.05) is 12.1 Å². The van der Waals surface area contributed by atoms with Crippen molar-refractivity contribution in [3.8, 4) is 0 Å². The van der Waals surface area contributed by atoms with Crippen molar-refractivity contribution in [3.05, 3.63) is 34.4 Å². The van der Waals surface area contributed by atoms with Gasteiger partial charge in [0.15, 0.2) is 0 Å². The van der Waals surface area contributed by atoms with Crippen LogP contribution in [-0.4, -0.2) is 11.9 Å². The van der Waals surface area contributed by atoms with E-state index in [2.05, 4.69) is 12.2 Å². The molecule has 118 valence electrons. The monoisotopic (exact) mass is 301 g/mol. The molecule has 1 N–H and O–H groups in total. The number of hydrogen-bond acceptors (Lipinski definition) is 3. The summed E-state index contributed by atoms with van der Waals surface area (Å²) in [5.74, 6) is 3.92. The molecule has 0 aromatic carbocycles. The van der Waals surface area contributed by atoms with E-state index in [1.54, 1.807) is 0 Å².